The van der Waals surface area contributed by atoms with E-state index in [-0.39, 0.29) is 6.42 Å². The second-order valence-electron chi connectivity index (χ2n) is 6.86. The minimum absolute atomic E-state index is 0.0881. The molecule has 0 radical (unpaired) electrons. The third-order valence-corrected chi connectivity index (χ3v) is 4.05. The first kappa shape index (κ1) is 27.2. The first-order chi connectivity index (χ1) is 13.9. The van der Waals surface area contributed by atoms with E-state index >= 15 is 0 Å². The first-order valence-corrected chi connectivity index (χ1v) is 9.40. The zero-order chi connectivity index (χ0) is 23.4. The molecule has 0 aliphatic heterocycles. The molecule has 5 unspecified atom stereocenters. The number of carboxylic acid groups (broad SMARTS) is 2. The molecule has 0 fully saturated rings. The Balaban J connectivity index is 5.29. The highest BCUT2D eigenvalue weighted by molar-refractivity contribution is 5.95. The van der Waals surface area contributed by atoms with Crippen molar-refractivity contribution in [2.45, 2.75) is 69.8 Å². The molecule has 0 saturated carbocycles. The Morgan fingerprint density at radius 3 is 1.87 bits per heavy atom. The molecule has 0 heterocycles. The predicted molar refractivity (Wildman–Crippen MR) is 104 cm³/mol. The molecular formula is C17H31N5O8. The lowest BCUT2D eigenvalue weighted by Crippen LogP contribution is -2.60. The number of carbonyl (C=O) groups excluding carboxylic acids is 3. The van der Waals surface area contributed by atoms with Crippen LogP contribution in [0.4, 0.5) is 0 Å². The number of carbonyl (C=O) groups is 5. The molecule has 0 aromatic rings. The molecule has 10 N–H and O–H groups in total. The van der Waals surface area contributed by atoms with Crippen LogP contribution in [-0.4, -0.2) is 81.8 Å². The summed E-state index contributed by atoms with van der Waals surface area (Å²) in [7, 11) is 0. The van der Waals surface area contributed by atoms with Crippen molar-refractivity contribution in [2.24, 2.45) is 11.5 Å². The van der Waals surface area contributed by atoms with Gasteiger partial charge in [-0.05, 0) is 39.7 Å². The quantitative estimate of drug-likeness (QED) is 0.128. The highest BCUT2D eigenvalue weighted by Crippen LogP contribution is 2.04. The largest absolute Gasteiger partial charge is 0.481 e. The molecular weight excluding hydrogens is 402 g/mol. The van der Waals surface area contributed by atoms with Crippen LogP contribution in [0.25, 0.3) is 0 Å². The number of hydrogen-bond donors (Lipinski definition) is 8. The van der Waals surface area contributed by atoms with Crippen molar-refractivity contribution in [3.8, 4) is 0 Å². The molecule has 3 amide bonds. The van der Waals surface area contributed by atoms with E-state index in [4.69, 9.17) is 16.6 Å². The minimum atomic E-state index is -1.59. The van der Waals surface area contributed by atoms with Crippen molar-refractivity contribution in [2.75, 3.05) is 6.54 Å². The van der Waals surface area contributed by atoms with E-state index in [1.807, 2.05) is 0 Å². The lowest BCUT2D eigenvalue weighted by molar-refractivity contribution is -0.144. The van der Waals surface area contributed by atoms with Crippen molar-refractivity contribution in [1.82, 2.24) is 16.0 Å². The van der Waals surface area contributed by atoms with E-state index < -0.39 is 66.4 Å². The van der Waals surface area contributed by atoms with Gasteiger partial charge in [0.15, 0.2) is 0 Å². The summed E-state index contributed by atoms with van der Waals surface area (Å²) in [5.41, 5.74) is 10.7. The smallest absolute Gasteiger partial charge is 0.326 e. The number of aliphatic carboxylic acids is 2. The molecule has 172 valence electrons. The summed E-state index contributed by atoms with van der Waals surface area (Å²) < 4.78 is 0. The number of nitrogens with two attached hydrogens (primary N) is 2. The van der Waals surface area contributed by atoms with E-state index in [2.05, 4.69) is 16.0 Å². The first-order valence-electron chi connectivity index (χ1n) is 9.40. The summed E-state index contributed by atoms with van der Waals surface area (Å²) in [5, 5.41) is 34.6. The van der Waals surface area contributed by atoms with Crippen LogP contribution in [0.5, 0.6) is 0 Å². The maximum Gasteiger partial charge on any atom is 0.326 e. The molecule has 0 aromatic carbocycles. The van der Waals surface area contributed by atoms with Gasteiger partial charge in [0.2, 0.25) is 17.7 Å². The highest BCUT2D eigenvalue weighted by Gasteiger charge is 2.33. The zero-order valence-electron chi connectivity index (χ0n) is 17.0. The fraction of sp³-hybridized carbons (Fsp3) is 0.706. The third kappa shape index (κ3) is 10.1. The molecule has 0 rings (SSSR count). The van der Waals surface area contributed by atoms with Gasteiger partial charge in [-0.3, -0.25) is 19.2 Å². The molecule has 5 atom stereocenters. The second-order valence-corrected chi connectivity index (χ2v) is 6.86. The summed E-state index contributed by atoms with van der Waals surface area (Å²) in [4.78, 5) is 58.9. The minimum Gasteiger partial charge on any atom is -0.481 e. The Morgan fingerprint density at radius 1 is 0.867 bits per heavy atom. The van der Waals surface area contributed by atoms with Crippen LogP contribution in [0.2, 0.25) is 0 Å². The van der Waals surface area contributed by atoms with Crippen LogP contribution in [0.1, 0.15) is 39.5 Å². The third-order valence-electron chi connectivity index (χ3n) is 4.05. The van der Waals surface area contributed by atoms with Crippen LogP contribution in [-0.2, 0) is 24.0 Å². The van der Waals surface area contributed by atoms with Gasteiger partial charge in [-0.25, -0.2) is 4.79 Å². The van der Waals surface area contributed by atoms with Gasteiger partial charge in [0.1, 0.15) is 18.1 Å². The molecule has 13 nitrogen and oxygen atoms in total. The number of nitrogens with one attached hydrogen (secondary N) is 3. The number of carboxylic acids is 2. The van der Waals surface area contributed by atoms with Crippen LogP contribution in [0, 0.1) is 0 Å². The summed E-state index contributed by atoms with van der Waals surface area (Å²) in [5.74, 6) is -5.53. The predicted octanol–water partition coefficient (Wildman–Crippen LogP) is -3.14. The SMILES string of the molecule is CC(N)C(=O)NC(CC(=O)O)C(=O)NC(C(=O)NC(CCCCN)C(=O)O)C(C)O. The normalized spacial score (nSPS) is 15.8. The van der Waals surface area contributed by atoms with Crippen molar-refractivity contribution in [1.29, 1.82) is 0 Å². The molecule has 0 aliphatic carbocycles. The van der Waals surface area contributed by atoms with E-state index in [0.29, 0.717) is 19.4 Å². The lowest BCUT2D eigenvalue weighted by Gasteiger charge is -2.25. The second kappa shape index (κ2) is 13.5. The van der Waals surface area contributed by atoms with Crippen LogP contribution >= 0.6 is 0 Å². The van der Waals surface area contributed by atoms with Gasteiger partial charge in [-0.1, -0.05) is 0 Å². The molecule has 0 spiro atoms. The fourth-order valence-electron chi connectivity index (χ4n) is 2.36. The number of unbranched alkanes of at least 4 members (excludes halogenated alkanes) is 1. The van der Waals surface area contributed by atoms with Crippen LogP contribution in [0.3, 0.4) is 0 Å². The number of aliphatic hydroxyl groups is 1. The number of aliphatic hydroxyl groups excluding tert-OH is 1. The van der Waals surface area contributed by atoms with Gasteiger partial charge in [-0.15, -0.1) is 0 Å². The van der Waals surface area contributed by atoms with Gasteiger partial charge < -0.3 is 42.7 Å². The van der Waals surface area contributed by atoms with Gasteiger partial charge in [0.25, 0.3) is 0 Å². The summed E-state index contributed by atoms with van der Waals surface area (Å²) in [6, 6.07) is -5.43. The van der Waals surface area contributed by atoms with E-state index in [1.165, 1.54) is 13.8 Å². The molecule has 30 heavy (non-hydrogen) atoms. The Bertz CT molecular complexity index is 625. The Hall–Kier alpha value is -2.77. The zero-order valence-corrected chi connectivity index (χ0v) is 17.0. The molecule has 13 heteroatoms. The fourth-order valence-corrected chi connectivity index (χ4v) is 2.36. The standard InChI is InChI=1S/C17H31N5O8/c1-8(19)14(26)21-11(7-12(24)25)15(27)22-13(9(2)23)16(28)20-10(17(29)30)5-3-4-6-18/h8-11,13,23H,3-7,18-19H2,1-2H3,(H,20,28)(H,21,26)(H,22,27)(H,24,25)(H,29,30). The average molecular weight is 433 g/mol. The van der Waals surface area contributed by atoms with E-state index in [9.17, 15) is 34.2 Å². The van der Waals surface area contributed by atoms with Gasteiger partial charge >= 0.3 is 11.9 Å². The Morgan fingerprint density at radius 2 is 1.43 bits per heavy atom. The van der Waals surface area contributed by atoms with Crippen molar-refractivity contribution in [3.05, 3.63) is 0 Å². The van der Waals surface area contributed by atoms with Gasteiger partial charge in [0, 0.05) is 0 Å². The molecule has 0 bridgehead atoms. The topological polar surface area (TPSA) is 234 Å². The Kier molecular flexibility index (Phi) is 12.2. The van der Waals surface area contributed by atoms with Crippen molar-refractivity contribution >= 4 is 29.7 Å². The Labute approximate surface area is 173 Å². The van der Waals surface area contributed by atoms with Crippen molar-refractivity contribution in [3.63, 3.8) is 0 Å². The van der Waals surface area contributed by atoms with Gasteiger partial charge in [-0.2, -0.15) is 0 Å². The van der Waals surface area contributed by atoms with Crippen molar-refractivity contribution < 1.29 is 39.3 Å². The van der Waals surface area contributed by atoms with Gasteiger partial charge in [0.05, 0.1) is 18.6 Å². The molecule has 0 aliphatic rings. The maximum absolute atomic E-state index is 12.4. The highest BCUT2D eigenvalue weighted by atomic mass is 16.4. The monoisotopic (exact) mass is 433 g/mol. The molecule has 0 saturated heterocycles. The van der Waals surface area contributed by atoms with Crippen LogP contribution in [0.15, 0.2) is 0 Å². The van der Waals surface area contributed by atoms with E-state index in [0.717, 1.165) is 0 Å². The number of amides is 3. The number of rotatable bonds is 14. The average Bonchev–Trinajstić information content (AvgIpc) is 2.63. The summed E-state index contributed by atoms with van der Waals surface area (Å²) in [6.45, 7) is 2.86. The van der Waals surface area contributed by atoms with Crippen LogP contribution < -0.4 is 27.4 Å². The molecule has 0 aromatic heterocycles. The number of hydrogen-bond acceptors (Lipinski definition) is 8. The summed E-state index contributed by atoms with van der Waals surface area (Å²) in [6.07, 6.45) is -1.17. The lowest BCUT2D eigenvalue weighted by atomic mass is 10.1. The van der Waals surface area contributed by atoms with E-state index in [1.54, 1.807) is 0 Å². The summed E-state index contributed by atoms with van der Waals surface area (Å²) >= 11 is 0. The maximum atomic E-state index is 12.4.